The molecule has 0 radical (unpaired) electrons. The number of fused-ring (bicyclic) bond motifs is 2. The zero-order chi connectivity index (χ0) is 15.6. The molecule has 1 amide bonds. The fourth-order valence-corrected chi connectivity index (χ4v) is 3.56. The van der Waals surface area contributed by atoms with Crippen molar-refractivity contribution in [2.75, 3.05) is 6.61 Å². The average molecular weight is 298 g/mol. The minimum atomic E-state index is -0.435. The lowest BCUT2D eigenvalue weighted by Gasteiger charge is -2.40. The van der Waals surface area contributed by atoms with Crippen LogP contribution in [0.2, 0.25) is 0 Å². The molecule has 0 aromatic carbocycles. The van der Waals surface area contributed by atoms with E-state index in [4.69, 9.17) is 4.74 Å². The second-order valence-corrected chi connectivity index (χ2v) is 7.40. The van der Waals surface area contributed by atoms with Crippen molar-refractivity contribution in [3.63, 3.8) is 0 Å². The molecule has 2 N–H and O–H groups in total. The van der Waals surface area contributed by atoms with Crippen molar-refractivity contribution >= 4 is 6.09 Å². The van der Waals surface area contributed by atoms with Crippen LogP contribution in [0.3, 0.4) is 0 Å². The van der Waals surface area contributed by atoms with Gasteiger partial charge in [0.1, 0.15) is 5.60 Å². The van der Waals surface area contributed by atoms with E-state index in [0.717, 1.165) is 32.1 Å². The van der Waals surface area contributed by atoms with Gasteiger partial charge in [0, 0.05) is 24.2 Å². The van der Waals surface area contributed by atoms with Crippen LogP contribution in [0.5, 0.6) is 0 Å². The van der Waals surface area contributed by atoms with Crippen LogP contribution < -0.4 is 5.32 Å². The van der Waals surface area contributed by atoms with Crippen LogP contribution in [-0.2, 0) is 4.74 Å². The summed E-state index contributed by atoms with van der Waals surface area (Å²) in [5, 5.41) is 12.9. The third-order valence-corrected chi connectivity index (χ3v) is 4.52. The Balaban J connectivity index is 1.94. The van der Waals surface area contributed by atoms with E-state index in [9.17, 15) is 9.90 Å². The van der Waals surface area contributed by atoms with E-state index in [2.05, 4.69) is 12.2 Å². The Bertz CT molecular complexity index is 349. The summed E-state index contributed by atoms with van der Waals surface area (Å²) in [5.74, 6) is 0. The van der Waals surface area contributed by atoms with Gasteiger partial charge in [0.25, 0.3) is 0 Å². The number of aliphatic hydroxyl groups is 1. The zero-order valence-corrected chi connectivity index (χ0v) is 13.8. The smallest absolute Gasteiger partial charge is 0.410 e. The summed E-state index contributed by atoms with van der Waals surface area (Å²) in [5.41, 5.74) is -0.435. The van der Waals surface area contributed by atoms with E-state index in [1.165, 1.54) is 0 Å². The molecule has 0 aromatic heterocycles. The summed E-state index contributed by atoms with van der Waals surface area (Å²) in [7, 11) is 0. The highest BCUT2D eigenvalue weighted by Crippen LogP contribution is 2.37. The molecule has 2 saturated heterocycles. The second kappa shape index (κ2) is 6.53. The number of nitrogens with one attached hydrogen (secondary N) is 1. The van der Waals surface area contributed by atoms with Crippen molar-refractivity contribution in [2.24, 2.45) is 0 Å². The Hall–Kier alpha value is -0.810. The molecule has 2 aliphatic rings. The third-order valence-electron chi connectivity index (χ3n) is 4.52. The minimum Gasteiger partial charge on any atom is -0.444 e. The van der Waals surface area contributed by atoms with Gasteiger partial charge in [-0.3, -0.25) is 0 Å². The van der Waals surface area contributed by atoms with E-state index in [1.807, 2.05) is 25.7 Å². The van der Waals surface area contributed by atoms with Crippen molar-refractivity contribution < 1.29 is 14.6 Å². The van der Waals surface area contributed by atoms with E-state index < -0.39 is 5.60 Å². The van der Waals surface area contributed by atoms with E-state index >= 15 is 0 Å². The summed E-state index contributed by atoms with van der Waals surface area (Å²) in [6.07, 6.45) is 4.83. The van der Waals surface area contributed by atoms with Gasteiger partial charge in [0.2, 0.25) is 0 Å². The monoisotopic (exact) mass is 298 g/mol. The molecular weight excluding hydrogens is 268 g/mol. The second-order valence-electron chi connectivity index (χ2n) is 7.40. The number of piperidine rings is 1. The molecule has 3 atom stereocenters. The number of nitrogens with zero attached hydrogens (tertiary/aromatic N) is 1. The van der Waals surface area contributed by atoms with Crippen molar-refractivity contribution in [3.05, 3.63) is 0 Å². The number of aliphatic hydroxyl groups excluding tert-OH is 1. The number of hydrogen-bond donors (Lipinski definition) is 2. The van der Waals surface area contributed by atoms with Crippen molar-refractivity contribution in [2.45, 2.75) is 89.6 Å². The van der Waals surface area contributed by atoms with Gasteiger partial charge in [-0.2, -0.15) is 0 Å². The van der Waals surface area contributed by atoms with Crippen LogP contribution >= 0.6 is 0 Å². The molecule has 0 aromatic rings. The molecule has 2 unspecified atom stereocenters. The summed E-state index contributed by atoms with van der Waals surface area (Å²) < 4.78 is 5.54. The first-order valence-electron chi connectivity index (χ1n) is 8.22. The Morgan fingerprint density at radius 1 is 1.33 bits per heavy atom. The summed E-state index contributed by atoms with van der Waals surface area (Å²) in [6.45, 7) is 7.99. The molecule has 122 valence electrons. The van der Waals surface area contributed by atoms with Crippen LogP contribution in [0.15, 0.2) is 0 Å². The summed E-state index contributed by atoms with van der Waals surface area (Å²) >= 11 is 0. The largest absolute Gasteiger partial charge is 0.444 e. The lowest BCUT2D eigenvalue weighted by Crippen LogP contribution is -2.54. The van der Waals surface area contributed by atoms with Crippen LogP contribution in [0, 0.1) is 0 Å². The van der Waals surface area contributed by atoms with Gasteiger partial charge in [0.05, 0.1) is 6.61 Å². The molecule has 0 saturated carbocycles. The Morgan fingerprint density at radius 3 is 2.33 bits per heavy atom. The lowest BCUT2D eigenvalue weighted by molar-refractivity contribution is 0.00386. The molecule has 2 aliphatic heterocycles. The minimum absolute atomic E-state index is 0.164. The van der Waals surface area contributed by atoms with Gasteiger partial charge in [-0.05, 0) is 52.9 Å². The fraction of sp³-hybridized carbons (Fsp3) is 0.938. The zero-order valence-electron chi connectivity index (χ0n) is 13.8. The standard InChI is InChI=1S/C16H30N2O3/c1-5-11(10-19)17-12-8-13-6-7-14(9-12)18(13)15(20)21-16(2,3)4/h11-14,17,19H,5-10H2,1-4H3/t11-,12?,13?,14?/m1/s1. The predicted octanol–water partition coefficient (Wildman–Crippen LogP) is 2.28. The quantitative estimate of drug-likeness (QED) is 0.836. The van der Waals surface area contributed by atoms with Gasteiger partial charge >= 0.3 is 6.09 Å². The number of ether oxygens (including phenoxy) is 1. The molecule has 2 fully saturated rings. The Morgan fingerprint density at radius 2 is 1.90 bits per heavy atom. The van der Waals surface area contributed by atoms with E-state index in [1.54, 1.807) is 0 Å². The number of carbonyl (C=O) groups is 1. The first-order valence-corrected chi connectivity index (χ1v) is 8.22. The van der Waals surface area contributed by atoms with E-state index in [0.29, 0.717) is 6.04 Å². The molecule has 2 heterocycles. The highest BCUT2D eigenvalue weighted by molar-refractivity contribution is 5.69. The number of rotatable bonds is 4. The number of hydrogen-bond acceptors (Lipinski definition) is 4. The van der Waals surface area contributed by atoms with Gasteiger partial charge in [0.15, 0.2) is 0 Å². The molecule has 5 heteroatoms. The maximum absolute atomic E-state index is 12.4. The molecule has 2 rings (SSSR count). The van der Waals surface area contributed by atoms with Crippen molar-refractivity contribution in [1.29, 1.82) is 0 Å². The third kappa shape index (κ3) is 4.10. The van der Waals surface area contributed by atoms with Gasteiger partial charge in [-0.1, -0.05) is 6.92 Å². The van der Waals surface area contributed by atoms with Gasteiger partial charge < -0.3 is 20.1 Å². The molecule has 2 bridgehead atoms. The van der Waals surface area contributed by atoms with Crippen molar-refractivity contribution in [1.82, 2.24) is 10.2 Å². The first-order chi connectivity index (χ1) is 9.84. The molecule has 0 aliphatic carbocycles. The van der Waals surface area contributed by atoms with Crippen molar-refractivity contribution in [3.8, 4) is 0 Å². The van der Waals surface area contributed by atoms with Gasteiger partial charge in [-0.15, -0.1) is 0 Å². The Kier molecular flexibility index (Phi) is 5.15. The fourth-order valence-electron chi connectivity index (χ4n) is 3.56. The maximum atomic E-state index is 12.4. The molecular formula is C16H30N2O3. The highest BCUT2D eigenvalue weighted by Gasteiger charge is 2.44. The highest BCUT2D eigenvalue weighted by atomic mass is 16.6. The van der Waals surface area contributed by atoms with Crippen LogP contribution in [0.4, 0.5) is 4.79 Å². The normalized spacial score (nSPS) is 30.3. The molecule has 5 nitrogen and oxygen atoms in total. The molecule has 21 heavy (non-hydrogen) atoms. The topological polar surface area (TPSA) is 61.8 Å². The molecule has 0 spiro atoms. The summed E-state index contributed by atoms with van der Waals surface area (Å²) in [6, 6.07) is 1.14. The Labute approximate surface area is 128 Å². The summed E-state index contributed by atoms with van der Waals surface area (Å²) in [4.78, 5) is 14.3. The predicted molar refractivity (Wildman–Crippen MR) is 82.2 cm³/mol. The van der Waals surface area contributed by atoms with E-state index in [-0.39, 0.29) is 30.8 Å². The maximum Gasteiger partial charge on any atom is 0.410 e. The number of carbonyl (C=O) groups excluding carboxylic acids is 1. The first kappa shape index (κ1) is 16.6. The van der Waals surface area contributed by atoms with Gasteiger partial charge in [-0.25, -0.2) is 4.79 Å². The SMILES string of the molecule is CC[C@H](CO)NC1CC2CCC(C1)N2C(=O)OC(C)(C)C. The van der Waals surface area contributed by atoms with Crippen LogP contribution in [0.1, 0.15) is 59.8 Å². The van der Waals surface area contributed by atoms with Crippen LogP contribution in [0.25, 0.3) is 0 Å². The number of amides is 1. The lowest BCUT2D eigenvalue weighted by atomic mass is 9.96. The van der Waals surface area contributed by atoms with Crippen LogP contribution in [-0.4, -0.2) is 52.5 Å². The average Bonchev–Trinajstić information content (AvgIpc) is 2.66.